The predicted molar refractivity (Wildman–Crippen MR) is 66.6 cm³/mol. The first-order valence-corrected chi connectivity index (χ1v) is 7.62. The zero-order valence-electron chi connectivity index (χ0n) is 10.7. The molecule has 0 bridgehead atoms. The van der Waals surface area contributed by atoms with Gasteiger partial charge in [0.05, 0.1) is 11.8 Å². The van der Waals surface area contributed by atoms with Gasteiger partial charge in [-0.1, -0.05) is 20.3 Å². The molecule has 1 saturated heterocycles. The van der Waals surface area contributed by atoms with Crippen molar-refractivity contribution in [3.05, 3.63) is 12.0 Å². The van der Waals surface area contributed by atoms with Crippen LogP contribution in [-0.4, -0.2) is 46.5 Å². The fraction of sp³-hybridized carbons (Fsp3) is 0.727. The third kappa shape index (κ3) is 2.30. The van der Waals surface area contributed by atoms with Gasteiger partial charge in [-0.3, -0.25) is 0 Å². The summed E-state index contributed by atoms with van der Waals surface area (Å²) in [6.07, 6.45) is 3.47. The molecule has 18 heavy (non-hydrogen) atoms. The fourth-order valence-electron chi connectivity index (χ4n) is 2.20. The van der Waals surface area contributed by atoms with Crippen molar-refractivity contribution in [1.82, 2.24) is 14.3 Å². The maximum absolute atomic E-state index is 12.2. The number of nitrogens with zero attached hydrogens (tertiary/aromatic N) is 2. The Labute approximate surface area is 107 Å². The molecule has 1 aliphatic heterocycles. The van der Waals surface area contributed by atoms with Gasteiger partial charge in [0.25, 0.3) is 10.0 Å². The van der Waals surface area contributed by atoms with Crippen LogP contribution in [0.4, 0.5) is 0 Å². The van der Waals surface area contributed by atoms with Crippen molar-refractivity contribution in [2.75, 3.05) is 13.1 Å². The molecule has 0 unspecified atom stereocenters. The van der Waals surface area contributed by atoms with Crippen molar-refractivity contribution in [2.24, 2.45) is 0 Å². The van der Waals surface area contributed by atoms with Crippen molar-refractivity contribution < 1.29 is 13.5 Å². The van der Waals surface area contributed by atoms with E-state index >= 15 is 0 Å². The largest absolute Gasteiger partial charge is 0.387 e. The van der Waals surface area contributed by atoms with Gasteiger partial charge in [0, 0.05) is 19.5 Å². The van der Waals surface area contributed by atoms with Crippen LogP contribution in [0.2, 0.25) is 0 Å². The Kier molecular flexibility index (Phi) is 3.48. The van der Waals surface area contributed by atoms with Crippen LogP contribution in [0.25, 0.3) is 0 Å². The second-order valence-corrected chi connectivity index (χ2v) is 6.70. The second-order valence-electron chi connectivity index (χ2n) is 4.80. The monoisotopic (exact) mass is 273 g/mol. The molecular weight excluding hydrogens is 254 g/mol. The zero-order chi connectivity index (χ0) is 13.4. The molecule has 0 saturated carbocycles. The minimum absolute atomic E-state index is 0.109. The quantitative estimate of drug-likeness (QED) is 0.818. The summed E-state index contributed by atoms with van der Waals surface area (Å²) in [4.78, 5) is 6.78. The summed E-state index contributed by atoms with van der Waals surface area (Å²) < 4.78 is 25.6. The van der Waals surface area contributed by atoms with Crippen molar-refractivity contribution in [1.29, 1.82) is 0 Å². The highest BCUT2D eigenvalue weighted by Crippen LogP contribution is 2.30. The summed E-state index contributed by atoms with van der Waals surface area (Å²) in [5.41, 5.74) is -0.852. The number of H-pyrrole nitrogens is 1. The number of imidazole rings is 1. The fourth-order valence-corrected chi connectivity index (χ4v) is 3.73. The number of rotatable bonds is 5. The maximum atomic E-state index is 12.2. The van der Waals surface area contributed by atoms with E-state index in [4.69, 9.17) is 0 Å². The highest BCUT2D eigenvalue weighted by Gasteiger charge is 2.46. The minimum Gasteiger partial charge on any atom is -0.387 e. The van der Waals surface area contributed by atoms with E-state index in [2.05, 4.69) is 9.97 Å². The van der Waals surface area contributed by atoms with Crippen molar-refractivity contribution in [3.63, 3.8) is 0 Å². The van der Waals surface area contributed by atoms with Crippen LogP contribution in [-0.2, 0) is 16.4 Å². The van der Waals surface area contributed by atoms with E-state index in [1.807, 2.05) is 13.8 Å². The SMILES string of the molecule is CCCC1(O)CN(S(=O)(=O)c2cnc(CC)[nH]2)C1. The van der Waals surface area contributed by atoms with E-state index in [-0.39, 0.29) is 18.1 Å². The highest BCUT2D eigenvalue weighted by atomic mass is 32.2. The lowest BCUT2D eigenvalue weighted by molar-refractivity contribution is -0.0654. The van der Waals surface area contributed by atoms with Crippen LogP contribution in [0.3, 0.4) is 0 Å². The van der Waals surface area contributed by atoms with Gasteiger partial charge in [0.15, 0.2) is 5.03 Å². The highest BCUT2D eigenvalue weighted by molar-refractivity contribution is 7.89. The lowest BCUT2D eigenvalue weighted by Gasteiger charge is -2.45. The van der Waals surface area contributed by atoms with Gasteiger partial charge >= 0.3 is 0 Å². The predicted octanol–water partition coefficient (Wildman–Crippen LogP) is 0.508. The first kappa shape index (κ1) is 13.5. The Bertz CT molecular complexity index is 517. The van der Waals surface area contributed by atoms with Crippen molar-refractivity contribution >= 4 is 10.0 Å². The standard InChI is InChI=1S/C11H19N3O3S/c1-3-5-11(15)7-14(8-11)18(16,17)10-6-12-9(4-2)13-10/h6,15H,3-5,7-8H2,1-2H3,(H,12,13). The molecule has 1 fully saturated rings. The molecule has 6 nitrogen and oxygen atoms in total. The molecule has 2 N–H and O–H groups in total. The van der Waals surface area contributed by atoms with E-state index in [1.54, 1.807) is 0 Å². The Morgan fingerprint density at radius 3 is 2.67 bits per heavy atom. The molecule has 0 amide bonds. The Morgan fingerprint density at radius 1 is 1.50 bits per heavy atom. The average molecular weight is 273 g/mol. The molecule has 7 heteroatoms. The van der Waals surface area contributed by atoms with E-state index in [9.17, 15) is 13.5 Å². The Balaban J connectivity index is 2.10. The second kappa shape index (κ2) is 4.64. The number of aryl methyl sites for hydroxylation is 1. The summed E-state index contributed by atoms with van der Waals surface area (Å²) in [6, 6.07) is 0. The number of aliphatic hydroxyl groups is 1. The number of hydrogen-bond donors (Lipinski definition) is 2. The van der Waals surface area contributed by atoms with E-state index in [1.165, 1.54) is 10.5 Å². The maximum Gasteiger partial charge on any atom is 0.260 e. The van der Waals surface area contributed by atoms with Gasteiger partial charge in [0.1, 0.15) is 5.82 Å². The lowest BCUT2D eigenvalue weighted by atomic mass is 9.92. The summed E-state index contributed by atoms with van der Waals surface area (Å²) in [5.74, 6) is 0.651. The summed E-state index contributed by atoms with van der Waals surface area (Å²) in [6.45, 7) is 4.21. The number of β-amino-alcohol motifs (C(OH)–C–C–N with tert-alkyl or cyclic N) is 1. The minimum atomic E-state index is -3.53. The van der Waals surface area contributed by atoms with Crippen LogP contribution >= 0.6 is 0 Å². The summed E-state index contributed by atoms with van der Waals surface area (Å²) in [5, 5.41) is 10.1. The molecule has 2 rings (SSSR count). The molecule has 102 valence electrons. The first-order valence-electron chi connectivity index (χ1n) is 6.18. The molecule has 1 aromatic heterocycles. The van der Waals surface area contributed by atoms with Crippen LogP contribution in [0.5, 0.6) is 0 Å². The van der Waals surface area contributed by atoms with Gasteiger partial charge in [-0.15, -0.1) is 0 Å². The van der Waals surface area contributed by atoms with E-state index in [0.717, 1.165) is 6.42 Å². The van der Waals surface area contributed by atoms with Gasteiger partial charge < -0.3 is 10.1 Å². The zero-order valence-corrected chi connectivity index (χ0v) is 11.5. The summed E-state index contributed by atoms with van der Waals surface area (Å²) >= 11 is 0. The first-order chi connectivity index (χ1) is 8.41. The number of aromatic nitrogens is 2. The molecule has 1 aliphatic rings. The van der Waals surface area contributed by atoms with Crippen LogP contribution < -0.4 is 0 Å². The number of nitrogens with one attached hydrogen (secondary N) is 1. The number of sulfonamides is 1. The smallest absolute Gasteiger partial charge is 0.260 e. The molecule has 0 atom stereocenters. The molecule has 0 aromatic carbocycles. The lowest BCUT2D eigenvalue weighted by Crippen LogP contribution is -2.63. The van der Waals surface area contributed by atoms with E-state index < -0.39 is 15.6 Å². The van der Waals surface area contributed by atoms with Crippen LogP contribution in [0.1, 0.15) is 32.5 Å². The van der Waals surface area contributed by atoms with Gasteiger partial charge in [-0.05, 0) is 6.42 Å². The van der Waals surface area contributed by atoms with Gasteiger partial charge in [-0.25, -0.2) is 13.4 Å². The molecule has 2 heterocycles. The molecule has 0 aliphatic carbocycles. The third-order valence-electron chi connectivity index (χ3n) is 3.21. The molecular formula is C11H19N3O3S. The Hall–Kier alpha value is -0.920. The van der Waals surface area contributed by atoms with E-state index in [0.29, 0.717) is 18.7 Å². The number of aromatic amines is 1. The van der Waals surface area contributed by atoms with Crippen LogP contribution in [0.15, 0.2) is 11.2 Å². The molecule has 0 radical (unpaired) electrons. The van der Waals surface area contributed by atoms with Crippen LogP contribution in [0, 0.1) is 0 Å². The summed E-state index contributed by atoms with van der Waals surface area (Å²) in [7, 11) is -3.53. The van der Waals surface area contributed by atoms with Crippen molar-refractivity contribution in [3.8, 4) is 0 Å². The normalized spacial score (nSPS) is 19.7. The Morgan fingerprint density at radius 2 is 2.17 bits per heavy atom. The average Bonchev–Trinajstić information content (AvgIpc) is 2.75. The van der Waals surface area contributed by atoms with Gasteiger partial charge in [-0.2, -0.15) is 4.31 Å². The van der Waals surface area contributed by atoms with Gasteiger partial charge in [0.2, 0.25) is 0 Å². The van der Waals surface area contributed by atoms with Crippen molar-refractivity contribution in [2.45, 2.75) is 43.7 Å². The topological polar surface area (TPSA) is 86.3 Å². The molecule has 0 spiro atoms. The number of hydrogen-bond acceptors (Lipinski definition) is 4. The third-order valence-corrected chi connectivity index (χ3v) is 4.92. The molecule has 1 aromatic rings.